The second-order valence-corrected chi connectivity index (χ2v) is 6.02. The van der Waals surface area contributed by atoms with Gasteiger partial charge in [-0.1, -0.05) is 12.1 Å². The van der Waals surface area contributed by atoms with Crippen LogP contribution >= 0.6 is 0 Å². The number of aromatic nitrogens is 2. The Hall–Kier alpha value is -3.81. The molecule has 0 aliphatic rings. The monoisotopic (exact) mass is 394 g/mol. The molecule has 0 fully saturated rings. The van der Waals surface area contributed by atoms with Gasteiger partial charge in [0.2, 0.25) is 0 Å². The first-order valence-electron chi connectivity index (χ1n) is 8.85. The standard InChI is InChI=1S/C21H22N4O4/c1-27-16-6-4-5-15(10-16)25-21(26)17-11-20(24-13-23-17)22-12-14-7-8-18(28-2)19(9-14)29-3/h4-11,13H,12H2,1-3H3,(H,25,26)(H,22,23,24). The number of rotatable bonds is 8. The molecule has 8 nitrogen and oxygen atoms in total. The maximum atomic E-state index is 12.5. The summed E-state index contributed by atoms with van der Waals surface area (Å²) in [4.78, 5) is 20.7. The maximum Gasteiger partial charge on any atom is 0.274 e. The summed E-state index contributed by atoms with van der Waals surface area (Å²) >= 11 is 0. The van der Waals surface area contributed by atoms with Gasteiger partial charge >= 0.3 is 0 Å². The quantitative estimate of drug-likeness (QED) is 0.605. The van der Waals surface area contributed by atoms with Gasteiger partial charge in [-0.3, -0.25) is 4.79 Å². The van der Waals surface area contributed by atoms with Gasteiger partial charge in [-0.25, -0.2) is 9.97 Å². The zero-order valence-electron chi connectivity index (χ0n) is 16.4. The molecule has 0 atom stereocenters. The molecule has 0 aliphatic carbocycles. The van der Waals surface area contributed by atoms with Crippen molar-refractivity contribution in [3.63, 3.8) is 0 Å². The molecule has 1 amide bonds. The van der Waals surface area contributed by atoms with Gasteiger partial charge in [0, 0.05) is 24.4 Å². The molecule has 29 heavy (non-hydrogen) atoms. The van der Waals surface area contributed by atoms with E-state index in [9.17, 15) is 4.79 Å². The number of benzene rings is 2. The van der Waals surface area contributed by atoms with Crippen LogP contribution in [-0.4, -0.2) is 37.2 Å². The van der Waals surface area contributed by atoms with Crippen molar-refractivity contribution < 1.29 is 19.0 Å². The summed E-state index contributed by atoms with van der Waals surface area (Å²) in [6.45, 7) is 0.494. The number of nitrogens with one attached hydrogen (secondary N) is 2. The van der Waals surface area contributed by atoms with Gasteiger partial charge < -0.3 is 24.8 Å². The smallest absolute Gasteiger partial charge is 0.274 e. The Morgan fingerprint density at radius 2 is 1.76 bits per heavy atom. The van der Waals surface area contributed by atoms with E-state index < -0.39 is 0 Å². The number of carbonyl (C=O) groups excluding carboxylic acids is 1. The highest BCUT2D eigenvalue weighted by Crippen LogP contribution is 2.27. The van der Waals surface area contributed by atoms with E-state index in [-0.39, 0.29) is 11.6 Å². The molecular weight excluding hydrogens is 372 g/mol. The normalized spacial score (nSPS) is 10.2. The average molecular weight is 394 g/mol. The fourth-order valence-electron chi connectivity index (χ4n) is 2.66. The molecule has 0 saturated heterocycles. The molecule has 3 rings (SSSR count). The maximum absolute atomic E-state index is 12.5. The van der Waals surface area contributed by atoms with E-state index in [0.29, 0.717) is 35.3 Å². The third-order valence-electron chi connectivity index (χ3n) is 4.15. The number of nitrogens with zero attached hydrogens (tertiary/aromatic N) is 2. The van der Waals surface area contributed by atoms with Crippen LogP contribution in [0.4, 0.5) is 11.5 Å². The van der Waals surface area contributed by atoms with Crippen LogP contribution in [0.25, 0.3) is 0 Å². The van der Waals surface area contributed by atoms with Crippen molar-refractivity contribution in [2.45, 2.75) is 6.54 Å². The molecule has 2 N–H and O–H groups in total. The van der Waals surface area contributed by atoms with Gasteiger partial charge in [-0.2, -0.15) is 0 Å². The Balaban J connectivity index is 1.67. The summed E-state index contributed by atoms with van der Waals surface area (Å²) in [5, 5.41) is 5.97. The van der Waals surface area contributed by atoms with Gasteiger partial charge in [-0.05, 0) is 29.8 Å². The predicted octanol–water partition coefficient (Wildman–Crippen LogP) is 3.37. The van der Waals surface area contributed by atoms with Gasteiger partial charge in [-0.15, -0.1) is 0 Å². The van der Waals surface area contributed by atoms with E-state index in [4.69, 9.17) is 14.2 Å². The molecule has 3 aromatic rings. The molecule has 0 aliphatic heterocycles. The summed E-state index contributed by atoms with van der Waals surface area (Å²) in [6.07, 6.45) is 1.34. The lowest BCUT2D eigenvalue weighted by molar-refractivity contribution is 0.102. The SMILES string of the molecule is COc1cccc(NC(=O)c2cc(NCc3ccc(OC)c(OC)c3)ncn2)c1. The molecule has 8 heteroatoms. The van der Waals surface area contributed by atoms with Gasteiger partial charge in [0.15, 0.2) is 11.5 Å². The van der Waals surface area contributed by atoms with Crippen molar-refractivity contribution >= 4 is 17.4 Å². The van der Waals surface area contributed by atoms with Crippen LogP contribution in [0.3, 0.4) is 0 Å². The van der Waals surface area contributed by atoms with E-state index in [1.54, 1.807) is 51.7 Å². The highest BCUT2D eigenvalue weighted by molar-refractivity contribution is 6.03. The predicted molar refractivity (Wildman–Crippen MR) is 110 cm³/mol. The number of anilines is 2. The lowest BCUT2D eigenvalue weighted by Crippen LogP contribution is -2.14. The molecule has 150 valence electrons. The van der Waals surface area contributed by atoms with Crippen LogP contribution in [0.1, 0.15) is 16.1 Å². The fourth-order valence-corrected chi connectivity index (χ4v) is 2.66. The van der Waals surface area contributed by atoms with Crippen LogP contribution in [0.15, 0.2) is 54.9 Å². The highest BCUT2D eigenvalue weighted by atomic mass is 16.5. The second kappa shape index (κ2) is 9.41. The summed E-state index contributed by atoms with van der Waals surface area (Å²) in [5.74, 6) is 2.16. The first-order valence-corrected chi connectivity index (χ1v) is 8.85. The minimum absolute atomic E-state index is 0.248. The van der Waals surface area contributed by atoms with Gasteiger partial charge in [0.05, 0.1) is 21.3 Å². The molecule has 2 aromatic carbocycles. The number of carbonyl (C=O) groups is 1. The van der Waals surface area contributed by atoms with Crippen molar-refractivity contribution in [3.05, 3.63) is 66.1 Å². The number of methoxy groups -OCH3 is 3. The minimum atomic E-state index is -0.338. The van der Waals surface area contributed by atoms with Crippen molar-refractivity contribution in [2.24, 2.45) is 0 Å². The number of hydrogen-bond acceptors (Lipinski definition) is 7. The molecule has 0 spiro atoms. The lowest BCUT2D eigenvalue weighted by Gasteiger charge is -2.11. The van der Waals surface area contributed by atoms with Crippen molar-refractivity contribution in [3.8, 4) is 17.2 Å². The van der Waals surface area contributed by atoms with E-state index in [1.165, 1.54) is 6.33 Å². The Labute approximate surface area is 168 Å². The summed E-state index contributed by atoms with van der Waals surface area (Å²) in [5.41, 5.74) is 1.84. The van der Waals surface area contributed by atoms with Gasteiger partial charge in [0.1, 0.15) is 23.6 Å². The number of ether oxygens (including phenoxy) is 3. The second-order valence-electron chi connectivity index (χ2n) is 6.02. The lowest BCUT2D eigenvalue weighted by atomic mass is 10.2. The van der Waals surface area contributed by atoms with Crippen LogP contribution in [0.2, 0.25) is 0 Å². The van der Waals surface area contributed by atoms with Crippen LogP contribution in [0, 0.1) is 0 Å². The van der Waals surface area contributed by atoms with E-state index in [1.807, 2.05) is 18.2 Å². The minimum Gasteiger partial charge on any atom is -0.497 e. The molecule has 0 unspecified atom stereocenters. The zero-order valence-corrected chi connectivity index (χ0v) is 16.4. The topological polar surface area (TPSA) is 94.6 Å². The number of hydrogen-bond donors (Lipinski definition) is 2. The third kappa shape index (κ3) is 5.13. The molecule has 1 aromatic heterocycles. The van der Waals surface area contributed by atoms with Crippen LogP contribution in [-0.2, 0) is 6.54 Å². The van der Waals surface area contributed by atoms with Crippen molar-refractivity contribution in [1.29, 1.82) is 0 Å². The molecule has 1 heterocycles. The van der Waals surface area contributed by atoms with Crippen LogP contribution < -0.4 is 24.8 Å². The van der Waals surface area contributed by atoms with Crippen molar-refractivity contribution in [2.75, 3.05) is 32.0 Å². The summed E-state index contributed by atoms with van der Waals surface area (Å²) in [6, 6.07) is 14.3. The first-order chi connectivity index (χ1) is 14.1. The Morgan fingerprint density at radius 3 is 2.52 bits per heavy atom. The Bertz CT molecular complexity index is 994. The largest absolute Gasteiger partial charge is 0.497 e. The molecular formula is C21H22N4O4. The summed E-state index contributed by atoms with van der Waals surface area (Å²) in [7, 11) is 4.75. The Kier molecular flexibility index (Phi) is 6.47. The molecule has 0 saturated carbocycles. The van der Waals surface area contributed by atoms with E-state index >= 15 is 0 Å². The highest BCUT2D eigenvalue weighted by Gasteiger charge is 2.10. The average Bonchev–Trinajstić information content (AvgIpc) is 2.77. The zero-order chi connectivity index (χ0) is 20.6. The third-order valence-corrected chi connectivity index (χ3v) is 4.15. The van der Waals surface area contributed by atoms with Gasteiger partial charge in [0.25, 0.3) is 5.91 Å². The van der Waals surface area contributed by atoms with Crippen molar-refractivity contribution in [1.82, 2.24) is 9.97 Å². The Morgan fingerprint density at radius 1 is 0.931 bits per heavy atom. The van der Waals surface area contributed by atoms with Crippen LogP contribution in [0.5, 0.6) is 17.2 Å². The number of amides is 1. The molecule has 0 radical (unpaired) electrons. The van der Waals surface area contributed by atoms with E-state index in [0.717, 1.165) is 5.56 Å². The first kappa shape index (κ1) is 19.9. The molecule has 0 bridgehead atoms. The summed E-state index contributed by atoms with van der Waals surface area (Å²) < 4.78 is 15.7. The fraction of sp³-hybridized carbons (Fsp3) is 0.190. The van der Waals surface area contributed by atoms with E-state index in [2.05, 4.69) is 20.6 Å².